The van der Waals surface area contributed by atoms with Gasteiger partial charge in [0, 0.05) is 31.0 Å². The van der Waals surface area contributed by atoms with E-state index in [0.29, 0.717) is 6.04 Å². The van der Waals surface area contributed by atoms with Crippen molar-refractivity contribution in [2.24, 2.45) is 5.73 Å². The van der Waals surface area contributed by atoms with Gasteiger partial charge in [-0.2, -0.15) is 0 Å². The Morgan fingerprint density at radius 1 is 1.24 bits per heavy atom. The normalized spacial score (nSPS) is 12.8. The predicted molar refractivity (Wildman–Crippen MR) is 72.2 cm³/mol. The standard InChI is InChI=1S/C13H24N4/c1-5-12(14)7-11-8-15-13(16-9-11)17(6-2)10(3)4/h8-10,12H,5-7,14H2,1-4H3. The first-order valence-electron chi connectivity index (χ1n) is 6.41. The van der Waals surface area contributed by atoms with Crippen LogP contribution >= 0.6 is 0 Å². The zero-order chi connectivity index (χ0) is 12.8. The minimum atomic E-state index is 0.205. The van der Waals surface area contributed by atoms with Gasteiger partial charge in [0.05, 0.1) is 0 Å². The molecule has 0 radical (unpaired) electrons. The van der Waals surface area contributed by atoms with E-state index in [1.807, 2.05) is 12.4 Å². The van der Waals surface area contributed by atoms with Crippen LogP contribution in [-0.4, -0.2) is 28.6 Å². The Morgan fingerprint density at radius 2 is 1.82 bits per heavy atom. The van der Waals surface area contributed by atoms with E-state index in [0.717, 1.165) is 30.9 Å². The molecule has 0 bridgehead atoms. The molecule has 1 aromatic rings. The van der Waals surface area contributed by atoms with E-state index in [2.05, 4.69) is 42.6 Å². The number of hydrogen-bond acceptors (Lipinski definition) is 4. The lowest BCUT2D eigenvalue weighted by Gasteiger charge is -2.24. The van der Waals surface area contributed by atoms with Crippen molar-refractivity contribution in [3.8, 4) is 0 Å². The fourth-order valence-electron chi connectivity index (χ4n) is 1.79. The summed E-state index contributed by atoms with van der Waals surface area (Å²) in [5.74, 6) is 0.802. The van der Waals surface area contributed by atoms with Crippen molar-refractivity contribution in [3.63, 3.8) is 0 Å². The van der Waals surface area contributed by atoms with Crippen molar-refractivity contribution in [3.05, 3.63) is 18.0 Å². The Kier molecular flexibility index (Phi) is 5.35. The molecule has 0 aliphatic carbocycles. The first-order valence-corrected chi connectivity index (χ1v) is 6.41. The van der Waals surface area contributed by atoms with Crippen molar-refractivity contribution in [2.75, 3.05) is 11.4 Å². The summed E-state index contributed by atoms with van der Waals surface area (Å²) in [5.41, 5.74) is 7.03. The van der Waals surface area contributed by atoms with Gasteiger partial charge in [0.1, 0.15) is 0 Å². The van der Waals surface area contributed by atoms with Crippen LogP contribution in [0.25, 0.3) is 0 Å². The van der Waals surface area contributed by atoms with E-state index >= 15 is 0 Å². The number of anilines is 1. The molecule has 0 aliphatic heterocycles. The number of aromatic nitrogens is 2. The lowest BCUT2D eigenvalue weighted by Crippen LogP contribution is -2.32. The SMILES string of the molecule is CCC(N)Cc1cnc(N(CC)C(C)C)nc1. The van der Waals surface area contributed by atoms with E-state index in [-0.39, 0.29) is 6.04 Å². The minimum absolute atomic E-state index is 0.205. The molecule has 4 heteroatoms. The second-order valence-corrected chi connectivity index (χ2v) is 4.64. The highest BCUT2D eigenvalue weighted by atomic mass is 15.3. The van der Waals surface area contributed by atoms with Crippen molar-refractivity contribution in [1.82, 2.24) is 9.97 Å². The Balaban J connectivity index is 2.73. The third kappa shape index (κ3) is 3.97. The summed E-state index contributed by atoms with van der Waals surface area (Å²) in [5, 5.41) is 0. The van der Waals surface area contributed by atoms with Crippen LogP contribution in [0.5, 0.6) is 0 Å². The molecular formula is C13H24N4. The van der Waals surface area contributed by atoms with Crippen LogP contribution in [0.1, 0.15) is 39.7 Å². The van der Waals surface area contributed by atoms with Crippen LogP contribution in [-0.2, 0) is 6.42 Å². The Morgan fingerprint density at radius 3 is 2.24 bits per heavy atom. The van der Waals surface area contributed by atoms with Crippen LogP contribution in [0.15, 0.2) is 12.4 Å². The van der Waals surface area contributed by atoms with E-state index in [1.165, 1.54) is 0 Å². The van der Waals surface area contributed by atoms with Gasteiger partial charge >= 0.3 is 0 Å². The molecule has 0 spiro atoms. The van der Waals surface area contributed by atoms with Crippen molar-refractivity contribution in [1.29, 1.82) is 0 Å². The van der Waals surface area contributed by atoms with Gasteiger partial charge in [-0.05, 0) is 39.2 Å². The quantitative estimate of drug-likeness (QED) is 0.820. The summed E-state index contributed by atoms with van der Waals surface area (Å²) in [4.78, 5) is 11.0. The van der Waals surface area contributed by atoms with Crippen molar-refractivity contribution >= 4 is 5.95 Å². The molecule has 0 aromatic carbocycles. The summed E-state index contributed by atoms with van der Waals surface area (Å²) in [6, 6.07) is 0.626. The molecule has 1 aromatic heterocycles. The van der Waals surface area contributed by atoms with Gasteiger partial charge in [-0.3, -0.25) is 0 Å². The maximum absolute atomic E-state index is 5.91. The Hall–Kier alpha value is -1.16. The van der Waals surface area contributed by atoms with E-state index in [9.17, 15) is 0 Å². The third-order valence-corrected chi connectivity index (χ3v) is 2.93. The molecule has 2 N–H and O–H groups in total. The Labute approximate surface area is 104 Å². The maximum Gasteiger partial charge on any atom is 0.225 e. The molecular weight excluding hydrogens is 212 g/mol. The van der Waals surface area contributed by atoms with Crippen molar-refractivity contribution in [2.45, 2.75) is 52.6 Å². The maximum atomic E-state index is 5.91. The van der Waals surface area contributed by atoms with Crippen LogP contribution in [0, 0.1) is 0 Å². The number of nitrogens with zero attached hydrogens (tertiary/aromatic N) is 3. The fourth-order valence-corrected chi connectivity index (χ4v) is 1.79. The van der Waals surface area contributed by atoms with Gasteiger partial charge < -0.3 is 10.6 Å². The molecule has 17 heavy (non-hydrogen) atoms. The summed E-state index contributed by atoms with van der Waals surface area (Å²) >= 11 is 0. The molecule has 0 saturated heterocycles. The molecule has 96 valence electrons. The molecule has 1 unspecified atom stereocenters. The zero-order valence-corrected chi connectivity index (χ0v) is 11.3. The Bertz CT molecular complexity index is 321. The molecule has 0 amide bonds. The van der Waals surface area contributed by atoms with E-state index < -0.39 is 0 Å². The summed E-state index contributed by atoms with van der Waals surface area (Å²) in [6.07, 6.45) is 5.62. The lowest BCUT2D eigenvalue weighted by atomic mass is 10.1. The van der Waals surface area contributed by atoms with Crippen molar-refractivity contribution < 1.29 is 0 Å². The molecule has 1 atom stereocenters. The van der Waals surface area contributed by atoms with Gasteiger partial charge in [-0.25, -0.2) is 9.97 Å². The van der Waals surface area contributed by atoms with Crippen LogP contribution in [0.2, 0.25) is 0 Å². The lowest BCUT2D eigenvalue weighted by molar-refractivity contribution is 0.640. The van der Waals surface area contributed by atoms with Gasteiger partial charge in [-0.15, -0.1) is 0 Å². The topological polar surface area (TPSA) is 55.0 Å². The summed E-state index contributed by atoms with van der Waals surface area (Å²) in [6.45, 7) is 9.43. The molecule has 0 aliphatic rings. The molecule has 0 fully saturated rings. The second-order valence-electron chi connectivity index (χ2n) is 4.64. The van der Waals surface area contributed by atoms with E-state index in [1.54, 1.807) is 0 Å². The predicted octanol–water partition coefficient (Wildman–Crippen LogP) is 1.99. The highest BCUT2D eigenvalue weighted by molar-refractivity contribution is 5.30. The van der Waals surface area contributed by atoms with Gasteiger partial charge in [0.25, 0.3) is 0 Å². The molecule has 1 heterocycles. The highest BCUT2D eigenvalue weighted by Crippen LogP contribution is 2.11. The van der Waals surface area contributed by atoms with Gasteiger partial charge in [-0.1, -0.05) is 6.92 Å². The highest BCUT2D eigenvalue weighted by Gasteiger charge is 2.11. The second kappa shape index (κ2) is 6.55. The van der Waals surface area contributed by atoms with Gasteiger partial charge in [0.2, 0.25) is 5.95 Å². The van der Waals surface area contributed by atoms with Crippen LogP contribution in [0.4, 0.5) is 5.95 Å². The molecule has 4 nitrogen and oxygen atoms in total. The van der Waals surface area contributed by atoms with Crippen LogP contribution in [0.3, 0.4) is 0 Å². The zero-order valence-electron chi connectivity index (χ0n) is 11.3. The average molecular weight is 236 g/mol. The first-order chi connectivity index (χ1) is 8.08. The monoisotopic (exact) mass is 236 g/mol. The first kappa shape index (κ1) is 13.9. The average Bonchev–Trinajstić information content (AvgIpc) is 2.31. The minimum Gasteiger partial charge on any atom is -0.339 e. The smallest absolute Gasteiger partial charge is 0.225 e. The number of hydrogen-bond donors (Lipinski definition) is 1. The number of rotatable bonds is 6. The fraction of sp³-hybridized carbons (Fsp3) is 0.692. The van der Waals surface area contributed by atoms with E-state index in [4.69, 9.17) is 5.73 Å². The third-order valence-electron chi connectivity index (χ3n) is 2.93. The largest absolute Gasteiger partial charge is 0.339 e. The molecule has 1 rings (SSSR count). The van der Waals surface area contributed by atoms with Gasteiger partial charge in [0.15, 0.2) is 0 Å². The number of nitrogens with two attached hydrogens (primary N) is 1. The molecule has 0 saturated carbocycles. The summed E-state index contributed by atoms with van der Waals surface area (Å²) in [7, 11) is 0. The summed E-state index contributed by atoms with van der Waals surface area (Å²) < 4.78 is 0. The van der Waals surface area contributed by atoms with Crippen LogP contribution < -0.4 is 10.6 Å².